The maximum absolute atomic E-state index is 4.47. The highest BCUT2D eigenvalue weighted by Gasteiger charge is 2.24. The molecule has 86 valence electrons. The van der Waals surface area contributed by atoms with Crippen LogP contribution in [0.4, 0.5) is 0 Å². The van der Waals surface area contributed by atoms with E-state index in [0.29, 0.717) is 0 Å². The summed E-state index contributed by atoms with van der Waals surface area (Å²) in [6.45, 7) is 13.0. The van der Waals surface area contributed by atoms with Crippen LogP contribution in [-0.2, 0) is 0 Å². The van der Waals surface area contributed by atoms with E-state index in [-0.39, 0.29) is 5.54 Å². The van der Waals surface area contributed by atoms with Crippen LogP contribution in [-0.4, -0.2) is 29.9 Å². The standard InChI is InChI=1S/C12H23N3/c1-6-7-15(12(3,4)5)11-10(2)8-13-9-14-11/h9H,6-8H2,1-5H3,(H,13,14). The summed E-state index contributed by atoms with van der Waals surface area (Å²) in [5.41, 5.74) is 1.46. The molecule has 0 aliphatic carbocycles. The highest BCUT2D eigenvalue weighted by Crippen LogP contribution is 2.23. The molecule has 0 amide bonds. The van der Waals surface area contributed by atoms with E-state index in [0.717, 1.165) is 25.3 Å². The first kappa shape index (κ1) is 12.1. The van der Waals surface area contributed by atoms with Crippen LogP contribution in [0.3, 0.4) is 0 Å². The number of aliphatic imine (C=N–C) groups is 1. The lowest BCUT2D eigenvalue weighted by Crippen LogP contribution is -2.42. The van der Waals surface area contributed by atoms with Crippen LogP contribution in [0.1, 0.15) is 41.0 Å². The molecule has 0 atom stereocenters. The highest BCUT2D eigenvalue weighted by atomic mass is 15.3. The molecule has 1 N–H and O–H groups in total. The van der Waals surface area contributed by atoms with Crippen LogP contribution in [0.2, 0.25) is 0 Å². The molecule has 0 fully saturated rings. The zero-order chi connectivity index (χ0) is 11.5. The Morgan fingerprint density at radius 1 is 1.47 bits per heavy atom. The van der Waals surface area contributed by atoms with Crippen molar-refractivity contribution >= 4 is 6.34 Å². The van der Waals surface area contributed by atoms with Crippen molar-refractivity contribution in [2.24, 2.45) is 4.99 Å². The van der Waals surface area contributed by atoms with Gasteiger partial charge in [0.05, 0.1) is 6.34 Å². The van der Waals surface area contributed by atoms with E-state index in [2.05, 4.69) is 49.8 Å². The zero-order valence-electron chi connectivity index (χ0n) is 10.6. The summed E-state index contributed by atoms with van der Waals surface area (Å²) in [6.07, 6.45) is 2.95. The SMILES string of the molecule is CCCN(C1=C(C)CNC=N1)C(C)(C)C. The Bertz CT molecular complexity index is 271. The fourth-order valence-electron chi connectivity index (χ4n) is 1.78. The molecule has 1 aliphatic heterocycles. The van der Waals surface area contributed by atoms with Gasteiger partial charge in [0.25, 0.3) is 0 Å². The summed E-state index contributed by atoms with van der Waals surface area (Å²) in [7, 11) is 0. The number of rotatable bonds is 3. The van der Waals surface area contributed by atoms with E-state index in [1.807, 2.05) is 0 Å². The minimum Gasteiger partial charge on any atom is -0.372 e. The molecule has 1 aliphatic rings. The van der Waals surface area contributed by atoms with E-state index in [4.69, 9.17) is 0 Å². The first-order valence-electron chi connectivity index (χ1n) is 5.70. The van der Waals surface area contributed by atoms with Crippen molar-refractivity contribution in [2.75, 3.05) is 13.1 Å². The fourth-order valence-corrected chi connectivity index (χ4v) is 1.78. The lowest BCUT2D eigenvalue weighted by Gasteiger charge is -2.39. The third-order valence-electron chi connectivity index (χ3n) is 2.54. The van der Waals surface area contributed by atoms with Gasteiger partial charge < -0.3 is 10.2 Å². The van der Waals surface area contributed by atoms with E-state index < -0.39 is 0 Å². The average molecular weight is 209 g/mol. The molecule has 0 spiro atoms. The van der Waals surface area contributed by atoms with Crippen molar-refractivity contribution in [2.45, 2.75) is 46.6 Å². The molecule has 1 rings (SSSR count). The largest absolute Gasteiger partial charge is 0.372 e. The Morgan fingerprint density at radius 3 is 2.60 bits per heavy atom. The highest BCUT2D eigenvalue weighted by molar-refractivity contribution is 5.58. The van der Waals surface area contributed by atoms with Gasteiger partial charge in [0.15, 0.2) is 0 Å². The second-order valence-electron chi connectivity index (χ2n) is 5.07. The Morgan fingerprint density at radius 2 is 2.13 bits per heavy atom. The normalized spacial score (nSPS) is 16.6. The first-order chi connectivity index (χ1) is 6.96. The number of hydrogen-bond donors (Lipinski definition) is 1. The molecule has 0 aromatic heterocycles. The molecule has 0 bridgehead atoms. The van der Waals surface area contributed by atoms with Crippen LogP contribution in [0.25, 0.3) is 0 Å². The Labute approximate surface area is 93.3 Å². The van der Waals surface area contributed by atoms with Crippen molar-refractivity contribution in [3.63, 3.8) is 0 Å². The van der Waals surface area contributed by atoms with Crippen molar-refractivity contribution in [3.8, 4) is 0 Å². The summed E-state index contributed by atoms with van der Waals surface area (Å²) in [5, 5.41) is 3.14. The maximum Gasteiger partial charge on any atom is 0.131 e. The quantitative estimate of drug-likeness (QED) is 0.772. The minimum absolute atomic E-state index is 0.140. The third-order valence-corrected chi connectivity index (χ3v) is 2.54. The Hall–Kier alpha value is -0.990. The Kier molecular flexibility index (Phi) is 3.77. The van der Waals surface area contributed by atoms with Crippen molar-refractivity contribution in [3.05, 3.63) is 11.4 Å². The van der Waals surface area contributed by atoms with Crippen LogP contribution in [0.5, 0.6) is 0 Å². The molecule has 0 saturated heterocycles. The van der Waals surface area contributed by atoms with E-state index in [9.17, 15) is 0 Å². The lowest BCUT2D eigenvalue weighted by atomic mass is 10.0. The van der Waals surface area contributed by atoms with Crippen molar-refractivity contribution in [1.29, 1.82) is 0 Å². The van der Waals surface area contributed by atoms with Crippen LogP contribution >= 0.6 is 0 Å². The minimum atomic E-state index is 0.140. The number of nitrogens with zero attached hydrogens (tertiary/aromatic N) is 2. The predicted octanol–water partition coefficient (Wildman–Crippen LogP) is 2.36. The van der Waals surface area contributed by atoms with Crippen molar-refractivity contribution < 1.29 is 0 Å². The smallest absolute Gasteiger partial charge is 0.131 e. The fraction of sp³-hybridized carbons (Fsp3) is 0.750. The molecule has 1 heterocycles. The van der Waals surface area contributed by atoms with Gasteiger partial charge in [0.1, 0.15) is 5.82 Å². The molecule has 0 aromatic carbocycles. The Balaban J connectivity index is 2.94. The average Bonchev–Trinajstić information content (AvgIpc) is 2.14. The molecule has 15 heavy (non-hydrogen) atoms. The molecular weight excluding hydrogens is 186 g/mol. The maximum atomic E-state index is 4.47. The van der Waals surface area contributed by atoms with Crippen LogP contribution in [0, 0.1) is 0 Å². The van der Waals surface area contributed by atoms with Gasteiger partial charge in [-0.25, -0.2) is 4.99 Å². The summed E-state index contributed by atoms with van der Waals surface area (Å²) in [6, 6.07) is 0. The van der Waals surface area contributed by atoms with E-state index in [1.54, 1.807) is 6.34 Å². The van der Waals surface area contributed by atoms with Crippen LogP contribution in [0.15, 0.2) is 16.4 Å². The van der Waals surface area contributed by atoms with Gasteiger partial charge in [-0.15, -0.1) is 0 Å². The van der Waals surface area contributed by atoms with Gasteiger partial charge in [0, 0.05) is 18.6 Å². The second kappa shape index (κ2) is 4.69. The van der Waals surface area contributed by atoms with Gasteiger partial charge in [0.2, 0.25) is 0 Å². The molecule has 0 saturated carbocycles. The molecule has 3 heteroatoms. The first-order valence-corrected chi connectivity index (χ1v) is 5.70. The predicted molar refractivity (Wildman–Crippen MR) is 65.9 cm³/mol. The van der Waals surface area contributed by atoms with E-state index in [1.165, 1.54) is 5.57 Å². The molecular formula is C12H23N3. The molecule has 0 radical (unpaired) electrons. The van der Waals surface area contributed by atoms with Gasteiger partial charge >= 0.3 is 0 Å². The summed E-state index contributed by atoms with van der Waals surface area (Å²) < 4.78 is 0. The third kappa shape index (κ3) is 2.98. The van der Waals surface area contributed by atoms with Gasteiger partial charge in [-0.3, -0.25) is 0 Å². The van der Waals surface area contributed by atoms with Gasteiger partial charge in [-0.1, -0.05) is 6.92 Å². The number of nitrogens with one attached hydrogen (secondary N) is 1. The van der Waals surface area contributed by atoms with Gasteiger partial charge in [-0.05, 0) is 39.7 Å². The summed E-state index contributed by atoms with van der Waals surface area (Å²) >= 11 is 0. The monoisotopic (exact) mass is 209 g/mol. The topological polar surface area (TPSA) is 27.6 Å². The molecule has 3 nitrogen and oxygen atoms in total. The van der Waals surface area contributed by atoms with Gasteiger partial charge in [-0.2, -0.15) is 0 Å². The summed E-state index contributed by atoms with van der Waals surface area (Å²) in [5.74, 6) is 1.14. The lowest BCUT2D eigenvalue weighted by molar-refractivity contribution is 0.181. The van der Waals surface area contributed by atoms with Crippen molar-refractivity contribution in [1.82, 2.24) is 10.2 Å². The van der Waals surface area contributed by atoms with Crippen LogP contribution < -0.4 is 5.32 Å². The molecule has 0 aromatic rings. The number of hydrogen-bond acceptors (Lipinski definition) is 3. The summed E-state index contributed by atoms with van der Waals surface area (Å²) in [4.78, 5) is 6.85. The molecule has 0 unspecified atom stereocenters. The van der Waals surface area contributed by atoms with E-state index >= 15 is 0 Å². The zero-order valence-corrected chi connectivity index (χ0v) is 10.6. The second-order valence-corrected chi connectivity index (χ2v) is 5.07.